The predicted molar refractivity (Wildman–Crippen MR) is 91.6 cm³/mol. The Kier molecular flexibility index (Phi) is 5.58. The molecule has 128 valence electrons. The zero-order chi connectivity index (χ0) is 17.7. The molecule has 0 radical (unpaired) electrons. The van der Waals surface area contributed by atoms with Gasteiger partial charge in [0.1, 0.15) is 11.5 Å². The average molecular weight is 348 g/mol. The Labute approximate surface area is 141 Å². The number of benzene rings is 1. The topological polar surface area (TPSA) is 79.6 Å². The smallest absolute Gasteiger partial charge is 0.246 e. The Hall–Kier alpha value is -2.38. The molecule has 24 heavy (non-hydrogen) atoms. The Morgan fingerprint density at radius 2 is 1.88 bits per heavy atom. The van der Waals surface area contributed by atoms with Gasteiger partial charge in [-0.25, -0.2) is 13.1 Å². The molecular weight excluding hydrogens is 328 g/mol. The maximum Gasteiger partial charge on any atom is 0.246 e. The lowest BCUT2D eigenvalue weighted by Crippen LogP contribution is -2.23. The van der Waals surface area contributed by atoms with Crippen molar-refractivity contribution in [1.29, 1.82) is 0 Å². The molecule has 1 amide bonds. The molecule has 0 saturated heterocycles. The van der Waals surface area contributed by atoms with Crippen LogP contribution in [0.25, 0.3) is 6.08 Å². The second-order valence-corrected chi connectivity index (χ2v) is 7.20. The third-order valence-electron chi connectivity index (χ3n) is 3.44. The van der Waals surface area contributed by atoms with Crippen molar-refractivity contribution in [2.24, 2.45) is 0 Å². The first-order valence-electron chi connectivity index (χ1n) is 7.34. The van der Waals surface area contributed by atoms with E-state index in [1.165, 1.54) is 30.2 Å². The van der Waals surface area contributed by atoms with Crippen molar-refractivity contribution >= 4 is 22.0 Å². The van der Waals surface area contributed by atoms with Gasteiger partial charge >= 0.3 is 0 Å². The number of hydrogen-bond acceptors (Lipinski definition) is 4. The molecule has 1 aromatic carbocycles. The first-order valence-corrected chi connectivity index (χ1v) is 8.82. The fourth-order valence-corrected chi connectivity index (χ4v) is 2.78. The van der Waals surface area contributed by atoms with Crippen LogP contribution in [0.15, 0.2) is 51.8 Å². The van der Waals surface area contributed by atoms with Gasteiger partial charge in [0, 0.05) is 13.1 Å². The van der Waals surface area contributed by atoms with E-state index < -0.39 is 10.0 Å². The van der Waals surface area contributed by atoms with Gasteiger partial charge in [-0.15, -0.1) is 0 Å². The summed E-state index contributed by atoms with van der Waals surface area (Å²) in [6.45, 7) is 2.24. The molecule has 2 rings (SSSR count). The highest BCUT2D eigenvalue weighted by Crippen LogP contribution is 2.12. The molecule has 0 aliphatic heterocycles. The molecular formula is C17H20N2O4S. The molecule has 0 unspecified atom stereocenters. The van der Waals surface area contributed by atoms with Gasteiger partial charge in [0.2, 0.25) is 15.9 Å². The van der Waals surface area contributed by atoms with Crippen molar-refractivity contribution in [3.05, 3.63) is 59.6 Å². The van der Waals surface area contributed by atoms with Gasteiger partial charge in [-0.2, -0.15) is 0 Å². The van der Waals surface area contributed by atoms with Gasteiger partial charge in [0.25, 0.3) is 0 Å². The number of hydrogen-bond donors (Lipinski definition) is 1. The Morgan fingerprint density at radius 3 is 2.42 bits per heavy atom. The third kappa shape index (κ3) is 4.56. The number of amides is 1. The summed E-state index contributed by atoms with van der Waals surface area (Å²) in [7, 11) is -0.405. The van der Waals surface area contributed by atoms with Gasteiger partial charge in [-0.1, -0.05) is 12.1 Å². The maximum absolute atomic E-state index is 12.1. The number of sulfonamides is 1. The van der Waals surface area contributed by atoms with Crippen molar-refractivity contribution in [1.82, 2.24) is 9.62 Å². The number of likely N-dealkylation sites (N-methyl/N-ethyl adjacent to an activating group) is 1. The lowest BCUT2D eigenvalue weighted by Gasteiger charge is -2.13. The number of rotatable bonds is 6. The van der Waals surface area contributed by atoms with E-state index in [2.05, 4.69) is 4.72 Å². The number of furan rings is 1. The van der Waals surface area contributed by atoms with Crippen molar-refractivity contribution < 1.29 is 17.6 Å². The molecule has 0 aliphatic rings. The summed E-state index contributed by atoms with van der Waals surface area (Å²) in [5.41, 5.74) is 0.737. The van der Waals surface area contributed by atoms with Crippen LogP contribution >= 0.6 is 0 Å². The highest BCUT2D eigenvalue weighted by atomic mass is 32.2. The zero-order valence-corrected chi connectivity index (χ0v) is 14.6. The van der Waals surface area contributed by atoms with Gasteiger partial charge in [0.05, 0.1) is 11.4 Å². The van der Waals surface area contributed by atoms with E-state index in [-0.39, 0.29) is 10.8 Å². The van der Waals surface area contributed by atoms with Crippen molar-refractivity contribution in [2.45, 2.75) is 18.4 Å². The minimum absolute atomic E-state index is 0.170. The monoisotopic (exact) mass is 348 g/mol. The van der Waals surface area contributed by atoms with E-state index in [9.17, 15) is 13.2 Å². The van der Waals surface area contributed by atoms with E-state index in [0.29, 0.717) is 6.54 Å². The van der Waals surface area contributed by atoms with Crippen LogP contribution in [0.1, 0.15) is 17.1 Å². The quantitative estimate of drug-likeness (QED) is 0.812. The molecule has 7 heteroatoms. The molecule has 0 atom stereocenters. The lowest BCUT2D eigenvalue weighted by atomic mass is 10.2. The summed E-state index contributed by atoms with van der Waals surface area (Å²) in [6, 6.07) is 9.96. The molecule has 2 aromatic rings. The molecule has 1 aromatic heterocycles. The molecule has 0 fully saturated rings. The molecule has 1 N–H and O–H groups in total. The number of nitrogens with one attached hydrogen (secondary N) is 1. The molecule has 0 saturated carbocycles. The lowest BCUT2D eigenvalue weighted by molar-refractivity contribution is -0.125. The second-order valence-electron chi connectivity index (χ2n) is 5.32. The van der Waals surface area contributed by atoms with E-state index >= 15 is 0 Å². The molecule has 1 heterocycles. The normalized spacial score (nSPS) is 11.8. The van der Waals surface area contributed by atoms with Gasteiger partial charge < -0.3 is 9.32 Å². The van der Waals surface area contributed by atoms with E-state index in [0.717, 1.165) is 17.1 Å². The van der Waals surface area contributed by atoms with Crippen LogP contribution in [0.4, 0.5) is 0 Å². The third-order valence-corrected chi connectivity index (χ3v) is 4.87. The van der Waals surface area contributed by atoms with Crippen LogP contribution in [0.5, 0.6) is 0 Å². The van der Waals surface area contributed by atoms with Crippen LogP contribution in [0, 0.1) is 6.92 Å². The molecule has 0 spiro atoms. The van der Waals surface area contributed by atoms with E-state index in [1.54, 1.807) is 25.3 Å². The SMILES string of the molecule is CNS(=O)(=O)c1ccc(/C=C/C(=O)N(C)Cc2ccc(C)o2)cc1. The maximum atomic E-state index is 12.1. The highest BCUT2D eigenvalue weighted by molar-refractivity contribution is 7.89. The average Bonchev–Trinajstić information content (AvgIpc) is 2.97. The van der Waals surface area contributed by atoms with Crippen LogP contribution in [-0.4, -0.2) is 33.3 Å². The highest BCUT2D eigenvalue weighted by Gasteiger charge is 2.10. The fourth-order valence-electron chi connectivity index (χ4n) is 2.05. The number of aryl methyl sites for hydroxylation is 1. The summed E-state index contributed by atoms with van der Waals surface area (Å²) in [4.78, 5) is 13.8. The number of carbonyl (C=O) groups is 1. The van der Waals surface area contributed by atoms with Gasteiger partial charge in [0.15, 0.2) is 0 Å². The van der Waals surface area contributed by atoms with E-state index in [1.807, 2.05) is 19.1 Å². The zero-order valence-electron chi connectivity index (χ0n) is 13.8. The van der Waals surface area contributed by atoms with Crippen LogP contribution in [-0.2, 0) is 21.4 Å². The first-order chi connectivity index (χ1) is 11.3. The minimum Gasteiger partial charge on any atom is -0.464 e. The summed E-state index contributed by atoms with van der Waals surface area (Å²) >= 11 is 0. The van der Waals surface area contributed by atoms with Crippen LogP contribution in [0.3, 0.4) is 0 Å². The molecule has 0 aliphatic carbocycles. The minimum atomic E-state index is -3.45. The summed E-state index contributed by atoms with van der Waals surface area (Å²) in [6.07, 6.45) is 3.08. The first kappa shape index (κ1) is 18.0. The Bertz CT molecular complexity index is 836. The van der Waals surface area contributed by atoms with Crippen LogP contribution in [0.2, 0.25) is 0 Å². The fraction of sp³-hybridized carbons (Fsp3) is 0.235. The standard InChI is InChI=1S/C17H20N2O4S/c1-13-4-8-15(23-13)12-19(3)17(20)11-7-14-5-9-16(10-6-14)24(21,22)18-2/h4-11,18H,12H2,1-3H3/b11-7+. The largest absolute Gasteiger partial charge is 0.464 e. The number of nitrogens with zero attached hydrogens (tertiary/aromatic N) is 1. The van der Waals surface area contributed by atoms with E-state index in [4.69, 9.17) is 4.42 Å². The molecule has 6 nitrogen and oxygen atoms in total. The number of carbonyl (C=O) groups excluding carboxylic acids is 1. The Balaban J connectivity index is 2.00. The van der Waals surface area contributed by atoms with Crippen molar-refractivity contribution in [3.63, 3.8) is 0 Å². The predicted octanol–water partition coefficient (Wildman–Crippen LogP) is 2.17. The Morgan fingerprint density at radius 1 is 1.21 bits per heavy atom. The van der Waals surface area contributed by atoms with Crippen molar-refractivity contribution in [2.75, 3.05) is 14.1 Å². The summed E-state index contributed by atoms with van der Waals surface area (Å²) in [5, 5.41) is 0. The summed E-state index contributed by atoms with van der Waals surface area (Å²) < 4.78 is 31.0. The van der Waals surface area contributed by atoms with Crippen molar-refractivity contribution in [3.8, 4) is 0 Å². The summed E-state index contributed by atoms with van der Waals surface area (Å²) in [5.74, 6) is 1.35. The van der Waals surface area contributed by atoms with Crippen LogP contribution < -0.4 is 4.72 Å². The van der Waals surface area contributed by atoms with Gasteiger partial charge in [-0.05, 0) is 49.9 Å². The molecule has 0 bridgehead atoms. The van der Waals surface area contributed by atoms with Gasteiger partial charge in [-0.3, -0.25) is 4.79 Å². The second kappa shape index (κ2) is 7.46.